The summed E-state index contributed by atoms with van der Waals surface area (Å²) in [6.07, 6.45) is -1.04. The van der Waals surface area contributed by atoms with Crippen LogP contribution in [-0.2, 0) is 14.3 Å². The summed E-state index contributed by atoms with van der Waals surface area (Å²) in [4.78, 5) is 36.7. The van der Waals surface area contributed by atoms with Crippen molar-refractivity contribution in [3.63, 3.8) is 0 Å². The molecule has 1 aromatic carbocycles. The lowest BCUT2D eigenvalue weighted by molar-refractivity contribution is -0.159. The van der Waals surface area contributed by atoms with Crippen molar-refractivity contribution in [1.82, 2.24) is 10.2 Å². The lowest BCUT2D eigenvalue weighted by atomic mass is 10.2. The van der Waals surface area contributed by atoms with Gasteiger partial charge in [0.1, 0.15) is 5.75 Å². The molecular formula is C17H20N2O5S2. The molecule has 1 aromatic rings. The van der Waals surface area contributed by atoms with Gasteiger partial charge in [0.05, 0.1) is 4.58 Å². The topological polar surface area (TPSA) is 84.9 Å². The van der Waals surface area contributed by atoms with E-state index in [1.807, 2.05) is 47.8 Å². The number of para-hydroxylation sites is 1. The first-order valence-electron chi connectivity index (χ1n) is 8.30. The van der Waals surface area contributed by atoms with Crippen molar-refractivity contribution in [2.45, 2.75) is 17.6 Å². The van der Waals surface area contributed by atoms with E-state index in [1.54, 1.807) is 0 Å². The largest absolute Gasteiger partial charge is 0.482 e. The maximum Gasteiger partial charge on any atom is 0.344 e. The van der Waals surface area contributed by atoms with Crippen LogP contribution >= 0.6 is 23.5 Å². The summed E-state index contributed by atoms with van der Waals surface area (Å²) in [6.45, 7) is 1.84. The third kappa shape index (κ3) is 4.45. The van der Waals surface area contributed by atoms with E-state index in [1.165, 1.54) is 6.92 Å². The number of hydrogen-bond acceptors (Lipinski definition) is 7. The first-order valence-corrected chi connectivity index (χ1v) is 10.4. The molecule has 0 saturated carbocycles. The van der Waals surface area contributed by atoms with E-state index < -0.39 is 24.0 Å². The van der Waals surface area contributed by atoms with E-state index in [0.29, 0.717) is 16.9 Å². The Hall–Kier alpha value is -1.87. The number of benzene rings is 1. The maximum absolute atomic E-state index is 12.1. The summed E-state index contributed by atoms with van der Waals surface area (Å²) in [5, 5.41) is 2.54. The quantitative estimate of drug-likeness (QED) is 0.737. The molecule has 0 bridgehead atoms. The molecule has 2 saturated heterocycles. The van der Waals surface area contributed by atoms with Crippen molar-refractivity contribution < 1.29 is 23.9 Å². The van der Waals surface area contributed by atoms with Gasteiger partial charge in [0.15, 0.2) is 12.7 Å². The summed E-state index contributed by atoms with van der Waals surface area (Å²) < 4.78 is 11.0. The van der Waals surface area contributed by atoms with E-state index in [4.69, 9.17) is 9.47 Å². The van der Waals surface area contributed by atoms with Crippen LogP contribution < -0.4 is 10.1 Å². The number of esters is 1. The molecule has 2 fully saturated rings. The van der Waals surface area contributed by atoms with Crippen molar-refractivity contribution in [2.24, 2.45) is 0 Å². The zero-order valence-corrected chi connectivity index (χ0v) is 15.9. The summed E-state index contributed by atoms with van der Waals surface area (Å²) in [5.74, 6) is 1.65. The highest BCUT2D eigenvalue weighted by Gasteiger charge is 2.31. The summed E-state index contributed by atoms with van der Waals surface area (Å²) in [5.41, 5.74) is 1.05. The Morgan fingerprint density at radius 1 is 1.31 bits per heavy atom. The monoisotopic (exact) mass is 396 g/mol. The predicted molar refractivity (Wildman–Crippen MR) is 100 cm³/mol. The molecule has 2 heterocycles. The molecule has 2 aliphatic heterocycles. The number of hydrogen-bond donors (Lipinski definition) is 1. The Kier molecular flexibility index (Phi) is 6.31. The number of carbonyl (C=O) groups excluding carboxylic acids is 3. The van der Waals surface area contributed by atoms with Gasteiger partial charge >= 0.3 is 12.0 Å². The summed E-state index contributed by atoms with van der Waals surface area (Å²) >= 11 is 3.70. The van der Waals surface area contributed by atoms with Crippen LogP contribution in [0.4, 0.5) is 4.79 Å². The molecular weight excluding hydrogens is 376 g/mol. The lowest BCUT2D eigenvalue weighted by Crippen LogP contribution is -2.42. The third-order valence-electron chi connectivity index (χ3n) is 3.92. The Morgan fingerprint density at radius 2 is 2.04 bits per heavy atom. The number of rotatable bonds is 6. The second-order valence-electron chi connectivity index (χ2n) is 5.75. The van der Waals surface area contributed by atoms with Crippen LogP contribution in [0.1, 0.15) is 17.1 Å². The van der Waals surface area contributed by atoms with Crippen LogP contribution in [0.3, 0.4) is 0 Å². The highest BCUT2D eigenvalue weighted by atomic mass is 32.2. The fraction of sp³-hybridized carbons (Fsp3) is 0.471. The molecule has 7 nitrogen and oxygen atoms in total. The standard InChI is InChI=1S/C17H20N2O5S2/c1-11(15(21)19-7-6-18-17(19)22)24-14(20)10-23-13-5-3-2-4-12(13)16-25-8-9-26-16/h2-5,11,16H,6-10H2,1H3,(H,18,22)/t11-/m1/s1. The molecule has 1 atom stereocenters. The van der Waals surface area contributed by atoms with Crippen molar-refractivity contribution in [2.75, 3.05) is 31.2 Å². The molecule has 3 amide bonds. The average Bonchev–Trinajstić information content (AvgIpc) is 3.31. The Bertz CT molecular complexity index is 693. The van der Waals surface area contributed by atoms with Gasteiger partial charge in [0, 0.05) is 30.2 Å². The summed E-state index contributed by atoms with van der Waals surface area (Å²) in [6, 6.07) is 7.16. The van der Waals surface area contributed by atoms with Crippen LogP contribution in [0, 0.1) is 0 Å². The molecule has 2 aliphatic rings. The number of carbonyl (C=O) groups is 3. The minimum absolute atomic E-state index is 0.278. The molecule has 3 rings (SSSR count). The van der Waals surface area contributed by atoms with E-state index in [0.717, 1.165) is 22.0 Å². The highest BCUT2D eigenvalue weighted by molar-refractivity contribution is 8.19. The van der Waals surface area contributed by atoms with Crippen LogP contribution in [0.2, 0.25) is 0 Å². The number of nitrogens with one attached hydrogen (secondary N) is 1. The Balaban J connectivity index is 1.53. The van der Waals surface area contributed by atoms with Gasteiger partial charge in [-0.25, -0.2) is 9.59 Å². The van der Waals surface area contributed by atoms with Crippen molar-refractivity contribution in [1.29, 1.82) is 0 Å². The van der Waals surface area contributed by atoms with E-state index in [2.05, 4.69) is 5.32 Å². The van der Waals surface area contributed by atoms with Crippen molar-refractivity contribution in [3.8, 4) is 5.75 Å². The van der Waals surface area contributed by atoms with E-state index >= 15 is 0 Å². The lowest BCUT2D eigenvalue weighted by Gasteiger charge is -2.19. The second-order valence-corrected chi connectivity index (χ2v) is 8.48. The second kappa shape index (κ2) is 8.68. The van der Waals surface area contributed by atoms with E-state index in [-0.39, 0.29) is 13.2 Å². The molecule has 0 aromatic heterocycles. The van der Waals surface area contributed by atoms with Gasteiger partial charge in [0.25, 0.3) is 5.91 Å². The van der Waals surface area contributed by atoms with Gasteiger partial charge in [-0.15, -0.1) is 23.5 Å². The predicted octanol–water partition coefficient (Wildman–Crippen LogP) is 2.03. The molecule has 140 valence electrons. The number of thioether (sulfide) groups is 2. The van der Waals surface area contributed by atoms with Gasteiger partial charge in [-0.2, -0.15) is 0 Å². The van der Waals surface area contributed by atoms with Crippen LogP contribution in [0.25, 0.3) is 0 Å². The van der Waals surface area contributed by atoms with Crippen LogP contribution in [0.15, 0.2) is 24.3 Å². The maximum atomic E-state index is 12.1. The molecule has 0 unspecified atom stereocenters. The first-order chi connectivity index (χ1) is 12.6. The molecule has 0 radical (unpaired) electrons. The van der Waals surface area contributed by atoms with Gasteiger partial charge in [-0.05, 0) is 13.0 Å². The van der Waals surface area contributed by atoms with Crippen molar-refractivity contribution in [3.05, 3.63) is 29.8 Å². The zero-order valence-electron chi connectivity index (χ0n) is 14.3. The van der Waals surface area contributed by atoms with Gasteiger partial charge in [0.2, 0.25) is 0 Å². The average molecular weight is 396 g/mol. The fourth-order valence-electron chi connectivity index (χ4n) is 2.66. The van der Waals surface area contributed by atoms with Crippen LogP contribution in [-0.4, -0.2) is 60.1 Å². The number of nitrogens with zero attached hydrogens (tertiary/aromatic N) is 1. The number of urea groups is 1. The number of ether oxygens (including phenoxy) is 2. The first kappa shape index (κ1) is 18.9. The smallest absolute Gasteiger partial charge is 0.344 e. The normalized spacial score (nSPS) is 18.5. The highest BCUT2D eigenvalue weighted by Crippen LogP contribution is 2.48. The fourth-order valence-corrected chi connectivity index (χ4v) is 5.57. The zero-order chi connectivity index (χ0) is 18.5. The molecule has 26 heavy (non-hydrogen) atoms. The number of imide groups is 1. The van der Waals surface area contributed by atoms with Gasteiger partial charge < -0.3 is 14.8 Å². The Morgan fingerprint density at radius 3 is 2.73 bits per heavy atom. The van der Waals surface area contributed by atoms with Gasteiger partial charge in [-0.3, -0.25) is 9.69 Å². The Labute approximate surface area is 160 Å². The van der Waals surface area contributed by atoms with Crippen molar-refractivity contribution >= 4 is 41.4 Å². The SMILES string of the molecule is C[C@@H](OC(=O)COc1ccccc1C1SCCS1)C(=O)N1CCNC1=O. The summed E-state index contributed by atoms with van der Waals surface area (Å²) in [7, 11) is 0. The minimum Gasteiger partial charge on any atom is -0.482 e. The molecule has 0 spiro atoms. The van der Waals surface area contributed by atoms with Gasteiger partial charge in [-0.1, -0.05) is 18.2 Å². The minimum atomic E-state index is -1.04. The third-order valence-corrected chi connectivity index (χ3v) is 6.99. The van der Waals surface area contributed by atoms with E-state index in [9.17, 15) is 14.4 Å². The molecule has 1 N–H and O–H groups in total. The molecule has 9 heteroatoms. The molecule has 0 aliphatic carbocycles. The van der Waals surface area contributed by atoms with Crippen LogP contribution in [0.5, 0.6) is 5.75 Å². The number of amides is 3.